The van der Waals surface area contributed by atoms with Gasteiger partial charge in [-0.25, -0.2) is 0 Å². The first-order valence-corrected chi connectivity index (χ1v) is 1.34. The van der Waals surface area contributed by atoms with Gasteiger partial charge in [0.25, 0.3) is 0 Å². The molecule has 0 aromatic rings. The number of hydrogen-bond donors (Lipinski definition) is 2. The standard InChI is InChI=1S/C3H7NO2/c1-2(4)3(5)6/h2H,4H2,1H3,(H,5,6)/t2-/m0/s1/i1D3,3+1. The van der Waals surface area contributed by atoms with Crippen LogP contribution in [0.3, 0.4) is 0 Å². The van der Waals surface area contributed by atoms with E-state index in [0.717, 1.165) is 0 Å². The fourth-order valence-corrected chi connectivity index (χ4v) is 0. The Kier molecular flexibility index (Phi) is 0.569. The number of aliphatic carboxylic acids is 1. The lowest BCUT2D eigenvalue weighted by Crippen LogP contribution is -2.25. The maximum Gasteiger partial charge on any atom is 0.320 e. The van der Waals surface area contributed by atoms with Crippen molar-refractivity contribution in [2.75, 3.05) is 0 Å². The van der Waals surface area contributed by atoms with Crippen LogP contribution in [0.2, 0.25) is 0 Å². The van der Waals surface area contributed by atoms with E-state index in [1.807, 2.05) is 0 Å². The lowest BCUT2D eigenvalue weighted by atomic mass is 10.6. The molecule has 0 aliphatic rings. The second kappa shape index (κ2) is 1.77. The Morgan fingerprint density at radius 3 is 2.83 bits per heavy atom. The predicted octanol–water partition coefficient (Wildman–Crippen LogP) is -0.582. The molecule has 6 heavy (non-hydrogen) atoms. The van der Waals surface area contributed by atoms with Gasteiger partial charge in [0.1, 0.15) is 6.04 Å². The summed E-state index contributed by atoms with van der Waals surface area (Å²) in [5.41, 5.74) is 4.73. The van der Waals surface area contributed by atoms with Crippen molar-refractivity contribution in [2.45, 2.75) is 12.9 Å². The highest BCUT2D eigenvalue weighted by molar-refractivity contribution is 5.72. The third-order valence-corrected chi connectivity index (χ3v) is 0.266. The molecule has 0 rings (SSSR count). The molecule has 0 radical (unpaired) electrons. The van der Waals surface area contributed by atoms with Crippen LogP contribution in [0.15, 0.2) is 0 Å². The highest BCUT2D eigenvalue weighted by atomic mass is 16.5. The Morgan fingerprint density at radius 2 is 2.83 bits per heavy atom. The van der Waals surface area contributed by atoms with Gasteiger partial charge in [0.2, 0.25) is 0 Å². The fourth-order valence-electron chi connectivity index (χ4n) is 0. The quantitative estimate of drug-likeness (QED) is 0.426. The molecule has 0 aliphatic heterocycles. The average Bonchev–Trinajstić information content (AvgIpc) is 1.62. The smallest absolute Gasteiger partial charge is 0.320 e. The van der Waals surface area contributed by atoms with Crippen molar-refractivity contribution in [2.24, 2.45) is 5.73 Å². The highest BCUT2D eigenvalue weighted by Crippen LogP contribution is 1.68. The van der Waals surface area contributed by atoms with Crippen LogP contribution in [0.1, 0.15) is 11.0 Å². The molecule has 3 N–H and O–H groups in total. The lowest BCUT2D eigenvalue weighted by Gasteiger charge is -1.90. The molecule has 36 valence electrons. The molecular formula is C3H7NO2. The SMILES string of the molecule is [2H]C([2H])([2H])[C@H](N)[13C](=O)O. The van der Waals surface area contributed by atoms with Crippen LogP contribution in [0, 0.1) is 0 Å². The van der Waals surface area contributed by atoms with Crippen molar-refractivity contribution in [1.82, 2.24) is 0 Å². The molecule has 0 aromatic carbocycles. The van der Waals surface area contributed by atoms with E-state index in [-0.39, 0.29) is 0 Å². The summed E-state index contributed by atoms with van der Waals surface area (Å²) in [6, 6.07) is -1.77. The molecule has 0 bridgehead atoms. The van der Waals surface area contributed by atoms with E-state index in [9.17, 15) is 4.79 Å². The Morgan fingerprint density at radius 1 is 2.33 bits per heavy atom. The second-order valence-electron chi connectivity index (χ2n) is 0.816. The molecule has 0 heterocycles. The molecule has 0 saturated heterocycles. The maximum atomic E-state index is 9.86. The van der Waals surface area contributed by atoms with E-state index < -0.39 is 18.9 Å². The van der Waals surface area contributed by atoms with E-state index in [4.69, 9.17) is 15.0 Å². The Balaban J connectivity index is 4.04. The molecule has 0 spiro atoms. The van der Waals surface area contributed by atoms with Crippen molar-refractivity contribution in [1.29, 1.82) is 0 Å². The van der Waals surface area contributed by atoms with E-state index in [1.54, 1.807) is 0 Å². The summed E-state index contributed by atoms with van der Waals surface area (Å²) in [5, 5.41) is 8.03. The summed E-state index contributed by atoms with van der Waals surface area (Å²) in [7, 11) is 0. The van der Waals surface area contributed by atoms with Gasteiger partial charge in [-0.1, -0.05) is 0 Å². The topological polar surface area (TPSA) is 63.3 Å². The molecule has 3 heteroatoms. The number of carboxylic acid groups (broad SMARTS) is 1. The van der Waals surface area contributed by atoms with E-state index >= 15 is 0 Å². The third kappa shape index (κ3) is 1.72. The number of rotatable bonds is 1. The molecule has 0 unspecified atom stereocenters. The Bertz CT molecular complexity index is 121. The summed E-state index contributed by atoms with van der Waals surface area (Å²) >= 11 is 0. The number of nitrogens with two attached hydrogens (primary N) is 1. The first kappa shape index (κ1) is 1.93. The fraction of sp³-hybridized carbons (Fsp3) is 0.667. The minimum Gasteiger partial charge on any atom is -0.480 e. The molecule has 3 nitrogen and oxygen atoms in total. The van der Waals surface area contributed by atoms with Crippen LogP contribution in [-0.2, 0) is 4.79 Å². The molecule has 0 fully saturated rings. The summed E-state index contributed by atoms with van der Waals surface area (Å²) < 4.78 is 19.5. The van der Waals surface area contributed by atoms with Crippen LogP contribution in [0.5, 0.6) is 0 Å². The van der Waals surface area contributed by atoms with Crippen LogP contribution in [0.25, 0.3) is 0 Å². The zero-order valence-corrected chi connectivity index (χ0v) is 3.01. The van der Waals surface area contributed by atoms with Gasteiger partial charge >= 0.3 is 5.97 Å². The normalized spacial score (nSPS) is 23.2. The van der Waals surface area contributed by atoms with Crippen LogP contribution < -0.4 is 5.73 Å². The molecule has 1 atom stereocenters. The van der Waals surface area contributed by atoms with Crippen molar-refractivity contribution in [3.63, 3.8) is 0 Å². The molecule has 0 amide bonds. The zero-order chi connectivity index (χ0) is 7.65. The van der Waals surface area contributed by atoms with Gasteiger partial charge in [-0.15, -0.1) is 0 Å². The molecule has 0 aromatic heterocycles. The van der Waals surface area contributed by atoms with Gasteiger partial charge in [0.15, 0.2) is 0 Å². The first-order valence-electron chi connectivity index (χ1n) is 2.84. The summed E-state index contributed by atoms with van der Waals surface area (Å²) in [6.07, 6.45) is 0. The minimum absolute atomic E-state index is 1.50. The average molecular weight is 93.1 g/mol. The van der Waals surface area contributed by atoms with E-state index in [1.165, 1.54) is 0 Å². The van der Waals surface area contributed by atoms with E-state index in [2.05, 4.69) is 0 Å². The van der Waals surface area contributed by atoms with Gasteiger partial charge in [-0.2, -0.15) is 0 Å². The van der Waals surface area contributed by atoms with Crippen molar-refractivity contribution in [3.8, 4) is 0 Å². The summed E-state index contributed by atoms with van der Waals surface area (Å²) in [4.78, 5) is 9.86. The maximum absolute atomic E-state index is 9.86. The van der Waals surface area contributed by atoms with Crippen molar-refractivity contribution in [3.05, 3.63) is 0 Å². The first-order chi connectivity index (χ1) is 3.85. The minimum atomic E-state index is -2.59. The van der Waals surface area contributed by atoms with Crippen molar-refractivity contribution < 1.29 is 14.0 Å². The predicted molar refractivity (Wildman–Crippen MR) is 21.3 cm³/mol. The largest absolute Gasteiger partial charge is 0.480 e. The monoisotopic (exact) mass is 93.1 g/mol. The van der Waals surface area contributed by atoms with Gasteiger partial charge in [-0.3, -0.25) is 4.79 Å². The Labute approximate surface area is 40.0 Å². The zero-order valence-electron chi connectivity index (χ0n) is 6.01. The van der Waals surface area contributed by atoms with E-state index in [0.29, 0.717) is 0 Å². The summed E-state index contributed by atoms with van der Waals surface area (Å²) in [5.74, 6) is -1.50. The lowest BCUT2D eigenvalue weighted by molar-refractivity contribution is -0.138. The van der Waals surface area contributed by atoms with Gasteiger partial charge in [0.05, 0.1) is 0 Å². The van der Waals surface area contributed by atoms with Crippen LogP contribution in [0.4, 0.5) is 0 Å². The molecular weight excluding hydrogens is 83.0 g/mol. The van der Waals surface area contributed by atoms with Crippen LogP contribution >= 0.6 is 0 Å². The highest BCUT2D eigenvalue weighted by Gasteiger charge is 1.99. The summed E-state index contributed by atoms with van der Waals surface area (Å²) in [6.45, 7) is -2.59. The van der Waals surface area contributed by atoms with Gasteiger partial charge in [-0.05, 0) is 6.85 Å². The third-order valence-electron chi connectivity index (χ3n) is 0.266. The van der Waals surface area contributed by atoms with Crippen LogP contribution in [-0.4, -0.2) is 17.1 Å². The number of hydrogen-bond acceptors (Lipinski definition) is 2. The molecule has 0 aliphatic carbocycles. The number of carboxylic acids is 1. The Hall–Kier alpha value is -0.570. The van der Waals surface area contributed by atoms with Gasteiger partial charge < -0.3 is 10.8 Å². The number of carbonyl (C=O) groups is 1. The van der Waals surface area contributed by atoms with Gasteiger partial charge in [0, 0.05) is 4.11 Å². The second-order valence-corrected chi connectivity index (χ2v) is 0.816. The van der Waals surface area contributed by atoms with Crippen molar-refractivity contribution >= 4 is 5.97 Å². The molecule has 0 saturated carbocycles.